The molecule has 1 aromatic heterocycles. The second-order valence-electron chi connectivity index (χ2n) is 5.61. The van der Waals surface area contributed by atoms with Crippen LogP contribution in [-0.4, -0.2) is 42.3 Å². The first-order valence-corrected chi connectivity index (χ1v) is 8.60. The highest BCUT2D eigenvalue weighted by Gasteiger charge is 2.31. The summed E-state index contributed by atoms with van der Waals surface area (Å²) in [5, 5.41) is 18.7. The van der Waals surface area contributed by atoms with Gasteiger partial charge in [-0.3, -0.25) is 4.79 Å². The molecular formula is C11H20N4O4S2. The lowest BCUT2D eigenvalue weighted by atomic mass is 9.86. The number of aliphatic hydroxyl groups excluding tert-OH is 1. The summed E-state index contributed by atoms with van der Waals surface area (Å²) in [7, 11) is -3.85. The maximum Gasteiger partial charge on any atom is 0.270 e. The van der Waals surface area contributed by atoms with Crippen LogP contribution in [0.2, 0.25) is 0 Å². The van der Waals surface area contributed by atoms with E-state index >= 15 is 0 Å². The fraction of sp³-hybridized carbons (Fsp3) is 0.727. The summed E-state index contributed by atoms with van der Waals surface area (Å²) in [6.07, 6.45) is 0.292. The highest BCUT2D eigenvalue weighted by Crippen LogP contribution is 2.25. The van der Waals surface area contributed by atoms with Crippen molar-refractivity contribution in [2.75, 3.05) is 11.9 Å². The molecule has 0 spiro atoms. The van der Waals surface area contributed by atoms with Crippen molar-refractivity contribution in [3.05, 3.63) is 0 Å². The minimum absolute atomic E-state index is 0.123. The number of hydrogen-bond donors (Lipinski definition) is 3. The third-order valence-corrected chi connectivity index (χ3v) is 5.36. The van der Waals surface area contributed by atoms with Crippen LogP contribution < -0.4 is 10.0 Å². The Morgan fingerprint density at radius 1 is 1.38 bits per heavy atom. The average molecular weight is 336 g/mol. The topological polar surface area (TPSA) is 121 Å². The number of carbonyl (C=O) groups is 1. The lowest BCUT2D eigenvalue weighted by molar-refractivity contribution is -0.114. The van der Waals surface area contributed by atoms with Crippen molar-refractivity contribution in [2.45, 2.75) is 44.5 Å². The van der Waals surface area contributed by atoms with Crippen LogP contribution >= 0.6 is 11.3 Å². The normalized spacial score (nSPS) is 14.0. The zero-order valence-electron chi connectivity index (χ0n) is 12.4. The van der Waals surface area contributed by atoms with E-state index in [0.717, 1.165) is 11.3 Å². The molecule has 1 atom stereocenters. The van der Waals surface area contributed by atoms with Crippen molar-refractivity contribution in [3.8, 4) is 0 Å². The van der Waals surface area contributed by atoms with Crippen molar-refractivity contribution >= 4 is 32.4 Å². The van der Waals surface area contributed by atoms with Crippen LogP contribution in [0.25, 0.3) is 0 Å². The van der Waals surface area contributed by atoms with Crippen molar-refractivity contribution in [3.63, 3.8) is 0 Å². The lowest BCUT2D eigenvalue weighted by Crippen LogP contribution is -2.44. The standard InChI is InChI=1S/C11H20N4O4S2/c1-7(17)12-9-13-14-10(20-9)21(18,19)15-8(5-6-16)11(2,3)4/h8,15-16H,5-6H2,1-4H3,(H,12,13,17). The van der Waals surface area contributed by atoms with Crippen LogP contribution in [0, 0.1) is 5.41 Å². The monoisotopic (exact) mass is 336 g/mol. The zero-order chi connectivity index (χ0) is 16.3. The number of nitrogens with zero attached hydrogens (tertiary/aromatic N) is 2. The van der Waals surface area contributed by atoms with Crippen LogP contribution in [0.5, 0.6) is 0 Å². The zero-order valence-corrected chi connectivity index (χ0v) is 14.0. The van der Waals surface area contributed by atoms with Crippen LogP contribution in [0.1, 0.15) is 34.1 Å². The third-order valence-electron chi connectivity index (χ3n) is 2.68. The lowest BCUT2D eigenvalue weighted by Gasteiger charge is -2.30. The molecule has 0 saturated heterocycles. The SMILES string of the molecule is CC(=O)Nc1nnc(S(=O)(=O)NC(CCO)C(C)(C)C)s1. The van der Waals surface area contributed by atoms with Crippen molar-refractivity contribution in [2.24, 2.45) is 5.41 Å². The number of carbonyl (C=O) groups excluding carboxylic acids is 1. The number of nitrogens with one attached hydrogen (secondary N) is 2. The molecule has 8 nitrogen and oxygen atoms in total. The largest absolute Gasteiger partial charge is 0.396 e. The van der Waals surface area contributed by atoms with Crippen LogP contribution in [-0.2, 0) is 14.8 Å². The Bertz CT molecular complexity index is 592. The highest BCUT2D eigenvalue weighted by molar-refractivity contribution is 7.91. The van der Waals surface area contributed by atoms with E-state index in [2.05, 4.69) is 20.2 Å². The Kier molecular flexibility index (Phi) is 5.79. The second kappa shape index (κ2) is 6.77. The molecule has 1 unspecified atom stereocenters. The molecule has 0 fully saturated rings. The minimum Gasteiger partial charge on any atom is -0.396 e. The minimum atomic E-state index is -3.85. The van der Waals surface area contributed by atoms with E-state index in [9.17, 15) is 13.2 Å². The quantitative estimate of drug-likeness (QED) is 0.653. The Balaban J connectivity index is 2.94. The van der Waals surface area contributed by atoms with Crippen LogP contribution in [0.15, 0.2) is 4.34 Å². The van der Waals surface area contributed by atoms with Gasteiger partial charge in [-0.1, -0.05) is 32.1 Å². The Morgan fingerprint density at radius 2 is 2.00 bits per heavy atom. The molecule has 1 amide bonds. The van der Waals surface area contributed by atoms with Gasteiger partial charge in [0.15, 0.2) is 0 Å². The van der Waals surface area contributed by atoms with Gasteiger partial charge in [0.1, 0.15) is 0 Å². The molecule has 0 aliphatic heterocycles. The Hall–Kier alpha value is -1.10. The first-order valence-electron chi connectivity index (χ1n) is 6.30. The fourth-order valence-corrected chi connectivity index (χ4v) is 3.99. The Labute approximate surface area is 128 Å². The van der Waals surface area contributed by atoms with Gasteiger partial charge in [0.05, 0.1) is 0 Å². The van der Waals surface area contributed by atoms with Gasteiger partial charge in [-0.25, -0.2) is 13.1 Å². The number of sulfonamides is 1. The third kappa shape index (κ3) is 5.30. The fourth-order valence-electron chi connectivity index (χ4n) is 1.55. The molecule has 3 N–H and O–H groups in total. The number of anilines is 1. The molecule has 1 rings (SSSR count). The predicted molar refractivity (Wildman–Crippen MR) is 79.5 cm³/mol. The maximum atomic E-state index is 12.3. The smallest absolute Gasteiger partial charge is 0.270 e. The molecule has 0 radical (unpaired) electrons. The summed E-state index contributed by atoms with van der Waals surface area (Å²) in [5.41, 5.74) is -0.360. The predicted octanol–water partition coefficient (Wildman–Crippen LogP) is 0.572. The molecule has 0 aliphatic rings. The van der Waals surface area contributed by atoms with E-state index in [0.29, 0.717) is 6.42 Å². The van der Waals surface area contributed by atoms with Gasteiger partial charge in [-0.05, 0) is 11.8 Å². The van der Waals surface area contributed by atoms with E-state index < -0.39 is 16.1 Å². The van der Waals surface area contributed by atoms with E-state index in [-0.39, 0.29) is 27.4 Å². The molecular weight excluding hydrogens is 316 g/mol. The number of amides is 1. The van der Waals surface area contributed by atoms with E-state index in [4.69, 9.17) is 5.11 Å². The van der Waals surface area contributed by atoms with Crippen molar-refractivity contribution in [1.29, 1.82) is 0 Å². The van der Waals surface area contributed by atoms with E-state index in [1.54, 1.807) is 0 Å². The Morgan fingerprint density at radius 3 is 2.48 bits per heavy atom. The van der Waals surface area contributed by atoms with E-state index in [1.807, 2.05) is 20.8 Å². The van der Waals surface area contributed by atoms with Gasteiger partial charge < -0.3 is 10.4 Å². The van der Waals surface area contributed by atoms with Crippen molar-refractivity contribution < 1.29 is 18.3 Å². The molecule has 120 valence electrons. The molecule has 10 heteroatoms. The number of hydrogen-bond acceptors (Lipinski definition) is 7. The number of aromatic nitrogens is 2. The molecule has 0 bridgehead atoms. The second-order valence-corrected chi connectivity index (χ2v) is 8.47. The van der Waals surface area contributed by atoms with Gasteiger partial charge in [-0.2, -0.15) is 0 Å². The molecule has 0 saturated carbocycles. The maximum absolute atomic E-state index is 12.3. The molecule has 21 heavy (non-hydrogen) atoms. The van der Waals surface area contributed by atoms with Gasteiger partial charge in [0, 0.05) is 19.6 Å². The van der Waals surface area contributed by atoms with Gasteiger partial charge in [0.2, 0.25) is 15.4 Å². The van der Waals surface area contributed by atoms with Crippen LogP contribution in [0.3, 0.4) is 0 Å². The molecule has 0 aliphatic carbocycles. The van der Waals surface area contributed by atoms with Gasteiger partial charge in [-0.15, -0.1) is 10.2 Å². The first kappa shape index (κ1) is 18.0. The molecule has 0 aromatic carbocycles. The summed E-state index contributed by atoms with van der Waals surface area (Å²) >= 11 is 0.772. The average Bonchev–Trinajstić information content (AvgIpc) is 2.75. The summed E-state index contributed by atoms with van der Waals surface area (Å²) in [6, 6.07) is -0.444. The van der Waals surface area contributed by atoms with Crippen LogP contribution in [0.4, 0.5) is 5.13 Å². The van der Waals surface area contributed by atoms with Crippen molar-refractivity contribution in [1.82, 2.24) is 14.9 Å². The first-order chi connectivity index (χ1) is 9.56. The molecule has 1 aromatic rings. The summed E-state index contributed by atoms with van der Waals surface area (Å²) in [4.78, 5) is 10.9. The van der Waals surface area contributed by atoms with E-state index in [1.165, 1.54) is 6.92 Å². The number of aliphatic hydroxyl groups is 1. The molecule has 1 heterocycles. The summed E-state index contributed by atoms with van der Waals surface area (Å²) < 4.78 is 26.8. The summed E-state index contributed by atoms with van der Waals surface area (Å²) in [6.45, 7) is 6.79. The van der Waals surface area contributed by atoms with Gasteiger partial charge >= 0.3 is 0 Å². The highest BCUT2D eigenvalue weighted by atomic mass is 32.2. The van der Waals surface area contributed by atoms with Gasteiger partial charge in [0.25, 0.3) is 10.0 Å². The summed E-state index contributed by atoms with van der Waals surface area (Å²) in [5.74, 6) is -0.351. The number of rotatable bonds is 6.